The Kier molecular flexibility index (Phi) is 7.59. The Bertz CT molecular complexity index is 1740. The van der Waals surface area contributed by atoms with Gasteiger partial charge in [0, 0.05) is 63.0 Å². The number of hydrogen-bond acceptors (Lipinski definition) is 8. The molecular weight excluding hydrogens is 534 g/mol. The first-order chi connectivity index (χ1) is 20.4. The van der Waals surface area contributed by atoms with Crippen molar-refractivity contribution in [3.63, 3.8) is 0 Å². The lowest BCUT2D eigenvalue weighted by atomic mass is 9.94. The van der Waals surface area contributed by atoms with Crippen molar-refractivity contribution in [2.24, 2.45) is 0 Å². The molecule has 0 saturated carbocycles. The van der Waals surface area contributed by atoms with E-state index in [1.165, 1.54) is 18.2 Å². The molecule has 2 aliphatic rings. The van der Waals surface area contributed by atoms with Gasteiger partial charge >= 0.3 is 0 Å². The number of fused-ring (bicyclic) bond motifs is 2. The number of nitrogens with zero attached hydrogens (tertiary/aromatic N) is 7. The molecule has 0 bridgehead atoms. The van der Waals surface area contributed by atoms with Crippen molar-refractivity contribution in [1.29, 1.82) is 5.26 Å². The monoisotopic (exact) mass is 566 g/mol. The van der Waals surface area contributed by atoms with Crippen molar-refractivity contribution in [1.82, 2.24) is 25.2 Å². The first kappa shape index (κ1) is 27.8. The molecule has 2 aromatic heterocycles. The van der Waals surface area contributed by atoms with E-state index in [4.69, 9.17) is 16.4 Å². The second-order valence-corrected chi connectivity index (χ2v) is 11.1. The molecule has 2 aliphatic heterocycles. The van der Waals surface area contributed by atoms with Crippen LogP contribution in [0.4, 0.5) is 20.5 Å². The minimum atomic E-state index is -0.667. The van der Waals surface area contributed by atoms with Gasteiger partial charge in [0.05, 0.1) is 22.6 Å². The summed E-state index contributed by atoms with van der Waals surface area (Å²) in [5.41, 5.74) is 0.606. The van der Waals surface area contributed by atoms with Crippen LogP contribution < -0.4 is 15.1 Å². The van der Waals surface area contributed by atoms with E-state index in [1.807, 2.05) is 11.9 Å². The van der Waals surface area contributed by atoms with Crippen LogP contribution in [0, 0.1) is 35.3 Å². The van der Waals surface area contributed by atoms with Crippen LogP contribution in [0.25, 0.3) is 32.9 Å². The van der Waals surface area contributed by atoms with Crippen LogP contribution in [-0.2, 0) is 0 Å². The number of piperazine rings is 1. The van der Waals surface area contributed by atoms with Gasteiger partial charge in [-0.15, -0.1) is 6.42 Å². The number of nitrogens with one attached hydrogen (secondary N) is 1. The van der Waals surface area contributed by atoms with E-state index in [0.717, 1.165) is 38.9 Å². The first-order valence-electron chi connectivity index (χ1n) is 14.3. The van der Waals surface area contributed by atoms with Crippen LogP contribution in [0.3, 0.4) is 0 Å². The predicted molar refractivity (Wildman–Crippen MR) is 161 cm³/mol. The maximum Gasteiger partial charge on any atom is 0.228 e. The summed E-state index contributed by atoms with van der Waals surface area (Å²) in [6.45, 7) is 4.80. The highest BCUT2D eigenvalue weighted by molar-refractivity contribution is 6.03. The van der Waals surface area contributed by atoms with Crippen LogP contribution in [0.15, 0.2) is 30.5 Å². The van der Waals surface area contributed by atoms with Crippen molar-refractivity contribution in [3.8, 4) is 29.7 Å². The fourth-order valence-corrected chi connectivity index (χ4v) is 5.99. The van der Waals surface area contributed by atoms with Gasteiger partial charge in [0.25, 0.3) is 0 Å². The molecule has 2 fully saturated rings. The smallest absolute Gasteiger partial charge is 0.228 e. The van der Waals surface area contributed by atoms with Gasteiger partial charge in [0.2, 0.25) is 5.95 Å². The molecule has 2 aromatic carbocycles. The number of rotatable bonds is 5. The van der Waals surface area contributed by atoms with Gasteiger partial charge in [-0.3, -0.25) is 4.98 Å². The molecule has 4 aromatic rings. The van der Waals surface area contributed by atoms with Crippen LogP contribution in [-0.4, -0.2) is 79.3 Å². The molecule has 1 N–H and O–H groups in total. The lowest BCUT2D eigenvalue weighted by Crippen LogP contribution is -2.45. The molecule has 0 radical (unpaired) electrons. The van der Waals surface area contributed by atoms with Gasteiger partial charge in [-0.05, 0) is 50.0 Å². The molecule has 0 aliphatic carbocycles. The third-order valence-electron chi connectivity index (χ3n) is 8.30. The maximum absolute atomic E-state index is 16.7. The van der Waals surface area contributed by atoms with E-state index in [0.29, 0.717) is 53.6 Å². The average Bonchev–Trinajstić information content (AvgIpc) is 3.01. The molecule has 6 rings (SSSR count). The highest BCUT2D eigenvalue weighted by Gasteiger charge is 2.26. The second kappa shape index (κ2) is 11.5. The lowest BCUT2D eigenvalue weighted by Gasteiger charge is -2.33. The van der Waals surface area contributed by atoms with Gasteiger partial charge in [0.1, 0.15) is 22.8 Å². The Balaban J connectivity index is 1.55. The number of nitriles is 1. The number of hydrogen-bond donors (Lipinski definition) is 1. The van der Waals surface area contributed by atoms with Crippen molar-refractivity contribution >= 4 is 33.4 Å². The Morgan fingerprint density at radius 1 is 1.14 bits per heavy atom. The Morgan fingerprint density at radius 2 is 1.95 bits per heavy atom. The first-order valence-corrected chi connectivity index (χ1v) is 14.3. The van der Waals surface area contributed by atoms with Gasteiger partial charge in [-0.1, -0.05) is 18.4 Å². The van der Waals surface area contributed by atoms with E-state index in [-0.39, 0.29) is 27.9 Å². The second-order valence-electron chi connectivity index (χ2n) is 11.1. The molecule has 214 valence electrons. The number of benzene rings is 2. The number of anilines is 2. The number of halogens is 2. The van der Waals surface area contributed by atoms with E-state index in [9.17, 15) is 9.65 Å². The zero-order chi connectivity index (χ0) is 29.4. The summed E-state index contributed by atoms with van der Waals surface area (Å²) in [4.78, 5) is 20.6. The number of likely N-dealkylation sites (N-methyl/N-ethyl adjacent to an activating group) is 2. The molecule has 1 atom stereocenters. The van der Waals surface area contributed by atoms with Crippen molar-refractivity contribution < 1.29 is 8.78 Å². The molecule has 4 heterocycles. The molecular formula is C32H32F2N8. The Morgan fingerprint density at radius 3 is 2.67 bits per heavy atom. The molecule has 10 heteroatoms. The van der Waals surface area contributed by atoms with Gasteiger partial charge in [0.15, 0.2) is 5.82 Å². The summed E-state index contributed by atoms with van der Waals surface area (Å²) >= 11 is 0. The Labute approximate surface area is 244 Å². The molecule has 8 nitrogen and oxygen atoms in total. The summed E-state index contributed by atoms with van der Waals surface area (Å²) in [7, 11) is 4.03. The minimum absolute atomic E-state index is 0.00509. The van der Waals surface area contributed by atoms with E-state index in [2.05, 4.69) is 39.1 Å². The fraction of sp³-hybridized carbons (Fsp3) is 0.375. The predicted octanol–water partition coefficient (Wildman–Crippen LogP) is 4.31. The summed E-state index contributed by atoms with van der Waals surface area (Å²) in [5.74, 6) is 2.19. The minimum Gasteiger partial charge on any atom is -0.357 e. The van der Waals surface area contributed by atoms with Crippen LogP contribution in [0.1, 0.15) is 30.4 Å². The van der Waals surface area contributed by atoms with Gasteiger partial charge in [-0.2, -0.15) is 10.2 Å². The largest absolute Gasteiger partial charge is 0.357 e. The lowest BCUT2D eigenvalue weighted by molar-refractivity contribution is 0.311. The third kappa shape index (κ3) is 5.09. The molecule has 42 heavy (non-hydrogen) atoms. The quantitative estimate of drug-likeness (QED) is 0.358. The highest BCUT2D eigenvalue weighted by atomic mass is 19.1. The number of pyridine rings is 1. The number of piperidine rings is 1. The van der Waals surface area contributed by atoms with Crippen LogP contribution in [0.5, 0.6) is 0 Å². The zero-order valence-electron chi connectivity index (χ0n) is 23.8. The van der Waals surface area contributed by atoms with Gasteiger partial charge < -0.3 is 20.0 Å². The topological polar surface area (TPSA) is 84.2 Å². The number of aromatic nitrogens is 3. The SMILES string of the molecule is C#Cc1c(F)ccc2cc(C#N)cc(-c3ncc4c(N(C)C[C@H]5CCCCN5)nc(N5CCN(C)CC5)nc4c3F)c12. The normalized spacial score (nSPS) is 17.8. The summed E-state index contributed by atoms with van der Waals surface area (Å²) in [6, 6.07) is 8.32. The van der Waals surface area contributed by atoms with E-state index in [1.54, 1.807) is 12.3 Å². The van der Waals surface area contributed by atoms with Crippen LogP contribution in [0.2, 0.25) is 0 Å². The van der Waals surface area contributed by atoms with Crippen molar-refractivity contribution in [3.05, 3.63) is 53.2 Å². The molecule has 0 unspecified atom stereocenters. The number of terminal acetylenes is 1. The van der Waals surface area contributed by atoms with E-state index >= 15 is 4.39 Å². The molecule has 0 spiro atoms. The van der Waals surface area contributed by atoms with E-state index < -0.39 is 11.6 Å². The summed E-state index contributed by atoms with van der Waals surface area (Å²) in [5, 5.41) is 14.6. The van der Waals surface area contributed by atoms with Crippen LogP contribution >= 0.6 is 0 Å². The third-order valence-corrected chi connectivity index (χ3v) is 8.30. The molecule has 0 amide bonds. The fourth-order valence-electron chi connectivity index (χ4n) is 5.99. The average molecular weight is 567 g/mol. The molecule has 2 saturated heterocycles. The standard InChI is InChI=1S/C32H32F2N8/c1-4-23-26(33)9-8-21-15-20(17-35)16-24(27(21)23)29-28(34)30-25(18-37-29)31(41(3)19-22-7-5-6-10-36-22)39-32(38-30)42-13-11-40(2)12-14-42/h1,8-9,15-16,18,22,36H,5-7,10-14,19H2,2-3H3/t22-/m1/s1. The maximum atomic E-state index is 16.7. The summed E-state index contributed by atoms with van der Waals surface area (Å²) in [6.07, 6.45) is 10.7. The summed E-state index contributed by atoms with van der Waals surface area (Å²) < 4.78 is 31.5. The van der Waals surface area contributed by atoms with Gasteiger partial charge in [-0.25, -0.2) is 13.8 Å². The van der Waals surface area contributed by atoms with Crippen molar-refractivity contribution in [2.75, 3.05) is 63.2 Å². The highest BCUT2D eigenvalue weighted by Crippen LogP contribution is 2.37. The van der Waals surface area contributed by atoms with Crippen molar-refractivity contribution in [2.45, 2.75) is 25.3 Å². The zero-order valence-corrected chi connectivity index (χ0v) is 23.8. The Hall–Kier alpha value is -4.38.